The van der Waals surface area contributed by atoms with Crippen LogP contribution in [0.1, 0.15) is 44.0 Å². The van der Waals surface area contributed by atoms with Crippen LogP contribution in [0.4, 0.5) is 0 Å². The van der Waals surface area contributed by atoms with Crippen LogP contribution in [0.3, 0.4) is 0 Å². The highest BCUT2D eigenvalue weighted by Gasteiger charge is 2.16. The van der Waals surface area contributed by atoms with E-state index in [4.69, 9.17) is 0 Å². The minimum absolute atomic E-state index is 0.702. The molecule has 1 aliphatic rings. The van der Waals surface area contributed by atoms with Gasteiger partial charge in [0.15, 0.2) is 0 Å². The molecule has 0 aromatic carbocycles. The molecule has 1 atom stereocenters. The summed E-state index contributed by atoms with van der Waals surface area (Å²) < 4.78 is 2.38. The minimum Gasteiger partial charge on any atom is -0.334 e. The van der Waals surface area contributed by atoms with E-state index in [1.165, 1.54) is 49.9 Å². The van der Waals surface area contributed by atoms with E-state index >= 15 is 0 Å². The van der Waals surface area contributed by atoms with Gasteiger partial charge in [-0.25, -0.2) is 4.98 Å². The molecule has 1 aromatic rings. The molecule has 16 heavy (non-hydrogen) atoms. The monoisotopic (exact) mass is 238 g/mol. The van der Waals surface area contributed by atoms with Gasteiger partial charge in [-0.05, 0) is 43.8 Å². The molecule has 0 spiro atoms. The van der Waals surface area contributed by atoms with Crippen molar-refractivity contribution in [3.63, 3.8) is 0 Å². The van der Waals surface area contributed by atoms with E-state index in [9.17, 15) is 0 Å². The maximum Gasteiger partial charge on any atom is 0.0951 e. The van der Waals surface area contributed by atoms with E-state index in [0.717, 1.165) is 12.3 Å². The Hall–Kier alpha value is -0.440. The van der Waals surface area contributed by atoms with E-state index in [-0.39, 0.29) is 0 Å². The van der Waals surface area contributed by atoms with Crippen molar-refractivity contribution < 1.29 is 0 Å². The molecule has 2 rings (SSSR count). The molecule has 0 bridgehead atoms. The smallest absolute Gasteiger partial charge is 0.0951 e. The maximum atomic E-state index is 4.54. The van der Waals surface area contributed by atoms with E-state index in [0.29, 0.717) is 5.92 Å². The third kappa shape index (κ3) is 2.62. The summed E-state index contributed by atoms with van der Waals surface area (Å²) >= 11 is 4.45. The van der Waals surface area contributed by atoms with Gasteiger partial charge in [-0.15, -0.1) is 0 Å². The molecule has 1 heterocycles. The van der Waals surface area contributed by atoms with Crippen LogP contribution in [0.25, 0.3) is 0 Å². The summed E-state index contributed by atoms with van der Waals surface area (Å²) in [7, 11) is 0. The maximum absolute atomic E-state index is 4.54. The number of thiol groups is 1. The lowest BCUT2D eigenvalue weighted by Crippen LogP contribution is -2.15. The molecule has 1 aliphatic carbocycles. The zero-order valence-corrected chi connectivity index (χ0v) is 11.0. The fourth-order valence-corrected chi connectivity index (χ4v) is 2.91. The molecule has 0 aliphatic heterocycles. The Kier molecular flexibility index (Phi) is 4.33. The zero-order valence-electron chi connectivity index (χ0n) is 10.2. The van der Waals surface area contributed by atoms with Gasteiger partial charge in [-0.3, -0.25) is 0 Å². The largest absolute Gasteiger partial charge is 0.334 e. The van der Waals surface area contributed by atoms with Gasteiger partial charge in [-0.1, -0.05) is 13.3 Å². The first-order valence-corrected chi connectivity index (χ1v) is 7.12. The Balaban J connectivity index is 2.05. The number of aryl methyl sites for hydroxylation is 1. The summed E-state index contributed by atoms with van der Waals surface area (Å²) in [4.78, 5) is 4.54. The summed E-state index contributed by atoms with van der Waals surface area (Å²) in [5.74, 6) is 1.69. The van der Waals surface area contributed by atoms with E-state index < -0.39 is 0 Å². The molecule has 2 nitrogen and oxygen atoms in total. The van der Waals surface area contributed by atoms with Gasteiger partial charge in [0, 0.05) is 12.2 Å². The van der Waals surface area contributed by atoms with Crippen LogP contribution in [0.5, 0.6) is 0 Å². The number of hydrogen-bond acceptors (Lipinski definition) is 2. The van der Waals surface area contributed by atoms with Crippen molar-refractivity contribution in [3.8, 4) is 0 Å². The van der Waals surface area contributed by atoms with Gasteiger partial charge in [-0.2, -0.15) is 12.6 Å². The van der Waals surface area contributed by atoms with Gasteiger partial charge in [0.2, 0.25) is 0 Å². The number of imidazole rings is 1. The number of nitrogens with zero attached hydrogens (tertiary/aromatic N) is 2. The first-order valence-electron chi connectivity index (χ1n) is 6.49. The van der Waals surface area contributed by atoms with Crippen LogP contribution < -0.4 is 0 Å². The predicted octanol–water partition coefficient (Wildman–Crippen LogP) is 3.11. The molecule has 1 aromatic heterocycles. The highest BCUT2D eigenvalue weighted by molar-refractivity contribution is 7.80. The van der Waals surface area contributed by atoms with Crippen LogP contribution >= 0.6 is 12.6 Å². The second-order valence-electron chi connectivity index (χ2n) is 4.83. The van der Waals surface area contributed by atoms with Crippen LogP contribution in [0.2, 0.25) is 0 Å². The third-order valence-electron chi connectivity index (χ3n) is 3.52. The van der Waals surface area contributed by atoms with Crippen molar-refractivity contribution >= 4 is 12.6 Å². The molecule has 3 heteroatoms. The molecule has 0 radical (unpaired) electrons. The van der Waals surface area contributed by atoms with Crippen molar-refractivity contribution in [1.82, 2.24) is 9.55 Å². The summed E-state index contributed by atoms with van der Waals surface area (Å²) in [6, 6.07) is 0. The SMILES string of the molecule is CCCC(CS)Cn1cnc2c1CCCC2. The van der Waals surface area contributed by atoms with Crippen LogP contribution in [0, 0.1) is 5.92 Å². The highest BCUT2D eigenvalue weighted by atomic mass is 32.1. The summed E-state index contributed by atoms with van der Waals surface area (Å²) in [6.45, 7) is 3.36. The average molecular weight is 238 g/mol. The number of hydrogen-bond donors (Lipinski definition) is 1. The van der Waals surface area contributed by atoms with Crippen molar-refractivity contribution in [2.75, 3.05) is 5.75 Å². The molecular weight excluding hydrogens is 216 g/mol. The fraction of sp³-hybridized carbons (Fsp3) is 0.769. The lowest BCUT2D eigenvalue weighted by Gasteiger charge is -2.18. The molecule has 90 valence electrons. The lowest BCUT2D eigenvalue weighted by molar-refractivity contribution is 0.441. The topological polar surface area (TPSA) is 17.8 Å². The molecule has 0 amide bonds. The van der Waals surface area contributed by atoms with Crippen molar-refractivity contribution in [2.24, 2.45) is 5.92 Å². The molecule has 0 fully saturated rings. The number of aromatic nitrogens is 2. The Bertz CT molecular complexity index is 333. The van der Waals surface area contributed by atoms with Gasteiger partial charge < -0.3 is 4.57 Å². The fourth-order valence-electron chi connectivity index (χ4n) is 2.62. The molecule has 0 saturated carbocycles. The minimum atomic E-state index is 0.702. The van der Waals surface area contributed by atoms with Gasteiger partial charge >= 0.3 is 0 Å². The molecule has 0 saturated heterocycles. The van der Waals surface area contributed by atoms with E-state index in [1.54, 1.807) is 0 Å². The summed E-state index contributed by atoms with van der Waals surface area (Å²) in [5, 5.41) is 0. The second kappa shape index (κ2) is 5.76. The first kappa shape index (κ1) is 12.0. The Labute approximate surface area is 104 Å². The Morgan fingerprint density at radius 3 is 3.00 bits per heavy atom. The van der Waals surface area contributed by atoms with Crippen molar-refractivity contribution in [1.29, 1.82) is 0 Å². The number of rotatable bonds is 5. The van der Waals surface area contributed by atoms with E-state index in [2.05, 4.69) is 29.1 Å². The molecule has 1 unspecified atom stereocenters. The standard InChI is InChI=1S/C13H22N2S/c1-2-5-11(9-16)8-15-10-14-12-6-3-4-7-13(12)15/h10-11,16H,2-9H2,1H3. The normalized spacial score (nSPS) is 17.1. The van der Waals surface area contributed by atoms with E-state index in [1.807, 2.05) is 6.33 Å². The van der Waals surface area contributed by atoms with Gasteiger partial charge in [0.1, 0.15) is 0 Å². The predicted molar refractivity (Wildman–Crippen MR) is 71.1 cm³/mol. The quantitative estimate of drug-likeness (QED) is 0.780. The second-order valence-corrected chi connectivity index (χ2v) is 5.20. The van der Waals surface area contributed by atoms with Gasteiger partial charge in [0.05, 0.1) is 12.0 Å². The Morgan fingerprint density at radius 2 is 2.25 bits per heavy atom. The van der Waals surface area contributed by atoms with Gasteiger partial charge in [0.25, 0.3) is 0 Å². The first-order chi connectivity index (χ1) is 7.85. The zero-order chi connectivity index (χ0) is 11.4. The van der Waals surface area contributed by atoms with Crippen LogP contribution in [-0.2, 0) is 19.4 Å². The summed E-state index contributed by atoms with van der Waals surface area (Å²) in [6.07, 6.45) is 9.62. The molecular formula is C13H22N2S. The van der Waals surface area contributed by atoms with Crippen LogP contribution in [0.15, 0.2) is 6.33 Å². The van der Waals surface area contributed by atoms with Crippen molar-refractivity contribution in [3.05, 3.63) is 17.7 Å². The Morgan fingerprint density at radius 1 is 1.44 bits per heavy atom. The third-order valence-corrected chi connectivity index (χ3v) is 4.04. The highest BCUT2D eigenvalue weighted by Crippen LogP contribution is 2.21. The molecule has 0 N–H and O–H groups in total. The number of fused-ring (bicyclic) bond motifs is 1. The van der Waals surface area contributed by atoms with Crippen LogP contribution in [-0.4, -0.2) is 15.3 Å². The average Bonchev–Trinajstić information content (AvgIpc) is 2.72. The summed E-state index contributed by atoms with van der Waals surface area (Å²) in [5.41, 5.74) is 2.84. The lowest BCUT2D eigenvalue weighted by atomic mass is 10.0. The van der Waals surface area contributed by atoms with Crippen molar-refractivity contribution in [2.45, 2.75) is 52.0 Å².